The van der Waals surface area contributed by atoms with Crippen molar-refractivity contribution in [2.24, 2.45) is 0 Å². The zero-order chi connectivity index (χ0) is 11.8. The molecule has 1 unspecified atom stereocenters. The van der Waals surface area contributed by atoms with Crippen LogP contribution in [-0.2, 0) is 9.84 Å². The molecule has 1 N–H and O–H groups in total. The summed E-state index contributed by atoms with van der Waals surface area (Å²) in [6, 6.07) is 5.96. The molecule has 0 spiro atoms. The highest BCUT2D eigenvalue weighted by atomic mass is 32.2. The predicted octanol–water partition coefficient (Wildman–Crippen LogP) is 1.36. The van der Waals surface area contributed by atoms with Gasteiger partial charge in [0.05, 0.1) is 11.0 Å². The molecule has 1 aromatic rings. The lowest BCUT2D eigenvalue weighted by Crippen LogP contribution is -2.38. The van der Waals surface area contributed by atoms with Gasteiger partial charge in [0.2, 0.25) is 0 Å². The normalized spacial score (nSPS) is 24.2. The number of benzene rings is 1. The van der Waals surface area contributed by atoms with Gasteiger partial charge in [0, 0.05) is 13.1 Å². The SMILES string of the molecule is Cc1ccc(C2CNCCS2(=O)=O)c(C)c1. The Morgan fingerprint density at radius 2 is 2.06 bits per heavy atom. The van der Waals surface area contributed by atoms with E-state index < -0.39 is 9.84 Å². The second-order valence-electron chi connectivity index (χ2n) is 4.42. The summed E-state index contributed by atoms with van der Waals surface area (Å²) in [7, 11) is -2.97. The molecule has 1 aromatic carbocycles. The fourth-order valence-electron chi connectivity index (χ4n) is 2.21. The Kier molecular flexibility index (Phi) is 3.04. The van der Waals surface area contributed by atoms with Gasteiger partial charge < -0.3 is 5.32 Å². The van der Waals surface area contributed by atoms with Crippen molar-refractivity contribution in [3.05, 3.63) is 34.9 Å². The van der Waals surface area contributed by atoms with E-state index in [4.69, 9.17) is 0 Å². The van der Waals surface area contributed by atoms with Gasteiger partial charge in [0.25, 0.3) is 0 Å². The minimum atomic E-state index is -2.97. The lowest BCUT2D eigenvalue weighted by atomic mass is 10.0. The smallest absolute Gasteiger partial charge is 0.159 e. The Balaban J connectivity index is 2.43. The summed E-state index contributed by atoms with van der Waals surface area (Å²) >= 11 is 0. The quantitative estimate of drug-likeness (QED) is 0.805. The van der Waals surface area contributed by atoms with E-state index in [1.54, 1.807) is 0 Å². The van der Waals surface area contributed by atoms with E-state index in [1.807, 2.05) is 32.0 Å². The van der Waals surface area contributed by atoms with Gasteiger partial charge in [0.1, 0.15) is 0 Å². The van der Waals surface area contributed by atoms with Crippen molar-refractivity contribution in [1.82, 2.24) is 5.32 Å². The maximum absolute atomic E-state index is 12.0. The fraction of sp³-hybridized carbons (Fsp3) is 0.500. The van der Waals surface area contributed by atoms with Crippen molar-refractivity contribution in [3.63, 3.8) is 0 Å². The van der Waals surface area contributed by atoms with Gasteiger partial charge >= 0.3 is 0 Å². The van der Waals surface area contributed by atoms with Crippen molar-refractivity contribution >= 4 is 9.84 Å². The maximum atomic E-state index is 12.0. The predicted molar refractivity (Wildman–Crippen MR) is 65.3 cm³/mol. The highest BCUT2D eigenvalue weighted by Gasteiger charge is 2.30. The van der Waals surface area contributed by atoms with E-state index in [2.05, 4.69) is 5.32 Å². The minimum Gasteiger partial charge on any atom is -0.314 e. The minimum absolute atomic E-state index is 0.241. The largest absolute Gasteiger partial charge is 0.314 e. The van der Waals surface area contributed by atoms with Crippen LogP contribution in [0.1, 0.15) is 21.9 Å². The molecule has 4 heteroatoms. The Hall–Kier alpha value is -0.870. The highest BCUT2D eigenvalue weighted by molar-refractivity contribution is 7.91. The van der Waals surface area contributed by atoms with Gasteiger partial charge in [-0.1, -0.05) is 23.8 Å². The average molecular weight is 239 g/mol. The molecule has 0 aliphatic carbocycles. The van der Waals surface area contributed by atoms with E-state index in [0.29, 0.717) is 13.1 Å². The Morgan fingerprint density at radius 3 is 2.69 bits per heavy atom. The van der Waals surface area contributed by atoms with Crippen LogP contribution in [0.2, 0.25) is 0 Å². The lowest BCUT2D eigenvalue weighted by Gasteiger charge is -2.25. The van der Waals surface area contributed by atoms with Gasteiger partial charge in [-0.25, -0.2) is 8.42 Å². The monoisotopic (exact) mass is 239 g/mol. The zero-order valence-electron chi connectivity index (χ0n) is 9.66. The number of rotatable bonds is 1. The van der Waals surface area contributed by atoms with Crippen molar-refractivity contribution < 1.29 is 8.42 Å². The van der Waals surface area contributed by atoms with Crippen LogP contribution in [0.3, 0.4) is 0 Å². The summed E-state index contributed by atoms with van der Waals surface area (Å²) in [5.41, 5.74) is 3.18. The second-order valence-corrected chi connectivity index (χ2v) is 6.72. The molecule has 1 heterocycles. The van der Waals surface area contributed by atoms with E-state index in [1.165, 1.54) is 5.56 Å². The van der Waals surface area contributed by atoms with Crippen LogP contribution in [0.5, 0.6) is 0 Å². The summed E-state index contributed by atoms with van der Waals surface area (Å²) in [5.74, 6) is 0.241. The van der Waals surface area contributed by atoms with Crippen molar-refractivity contribution in [2.75, 3.05) is 18.8 Å². The number of nitrogens with one attached hydrogen (secondary N) is 1. The third-order valence-corrected chi connectivity index (χ3v) is 5.16. The molecule has 1 aliphatic heterocycles. The first-order chi connectivity index (χ1) is 7.50. The van der Waals surface area contributed by atoms with Crippen molar-refractivity contribution in [1.29, 1.82) is 0 Å². The first kappa shape index (κ1) is 11.6. The van der Waals surface area contributed by atoms with Crippen LogP contribution in [-0.4, -0.2) is 27.3 Å². The lowest BCUT2D eigenvalue weighted by molar-refractivity contribution is 0.550. The molecule has 1 atom stereocenters. The zero-order valence-corrected chi connectivity index (χ0v) is 10.5. The summed E-state index contributed by atoms with van der Waals surface area (Å²) in [5, 5.41) is 2.78. The first-order valence-corrected chi connectivity index (χ1v) is 7.22. The molecule has 0 saturated carbocycles. The van der Waals surface area contributed by atoms with Gasteiger partial charge in [-0.05, 0) is 25.0 Å². The molecule has 0 bridgehead atoms. The van der Waals surface area contributed by atoms with E-state index in [0.717, 1.165) is 11.1 Å². The first-order valence-electron chi connectivity index (χ1n) is 5.50. The molecule has 0 radical (unpaired) electrons. The Labute approximate surface area is 96.8 Å². The van der Waals surface area contributed by atoms with Crippen LogP contribution in [0.25, 0.3) is 0 Å². The van der Waals surface area contributed by atoms with E-state index in [-0.39, 0.29) is 11.0 Å². The van der Waals surface area contributed by atoms with Gasteiger partial charge in [-0.15, -0.1) is 0 Å². The van der Waals surface area contributed by atoms with E-state index >= 15 is 0 Å². The fourth-order valence-corrected chi connectivity index (χ4v) is 3.94. The molecule has 0 aromatic heterocycles. The summed E-state index contributed by atoms with van der Waals surface area (Å²) in [6.07, 6.45) is 0. The topological polar surface area (TPSA) is 46.2 Å². The van der Waals surface area contributed by atoms with Gasteiger partial charge in [0.15, 0.2) is 9.84 Å². The summed E-state index contributed by atoms with van der Waals surface area (Å²) < 4.78 is 24.0. The van der Waals surface area contributed by atoms with Crippen LogP contribution in [0, 0.1) is 13.8 Å². The molecular weight excluding hydrogens is 222 g/mol. The van der Waals surface area contributed by atoms with Gasteiger partial charge in [-0.3, -0.25) is 0 Å². The molecule has 1 fully saturated rings. The molecule has 2 rings (SSSR count). The van der Waals surface area contributed by atoms with Crippen molar-refractivity contribution in [2.45, 2.75) is 19.1 Å². The van der Waals surface area contributed by atoms with Crippen LogP contribution in [0.15, 0.2) is 18.2 Å². The standard InChI is InChI=1S/C12H17NO2S/c1-9-3-4-11(10(2)7-9)12-8-13-5-6-16(12,14)15/h3-4,7,12-13H,5-6,8H2,1-2H3. The highest BCUT2D eigenvalue weighted by Crippen LogP contribution is 2.27. The molecule has 3 nitrogen and oxygen atoms in total. The molecule has 1 saturated heterocycles. The molecule has 0 amide bonds. The van der Waals surface area contributed by atoms with Crippen LogP contribution in [0.4, 0.5) is 0 Å². The second kappa shape index (κ2) is 4.18. The third kappa shape index (κ3) is 2.13. The Morgan fingerprint density at radius 1 is 1.31 bits per heavy atom. The van der Waals surface area contributed by atoms with E-state index in [9.17, 15) is 8.42 Å². The summed E-state index contributed by atoms with van der Waals surface area (Å²) in [4.78, 5) is 0. The Bertz CT molecular complexity index is 494. The molecule has 88 valence electrons. The van der Waals surface area contributed by atoms with Crippen molar-refractivity contribution in [3.8, 4) is 0 Å². The number of hydrogen-bond donors (Lipinski definition) is 1. The maximum Gasteiger partial charge on any atom is 0.159 e. The molecular formula is C12H17NO2S. The van der Waals surface area contributed by atoms with Crippen LogP contribution >= 0.6 is 0 Å². The number of hydrogen-bond acceptors (Lipinski definition) is 3. The molecule has 1 aliphatic rings. The van der Waals surface area contributed by atoms with Crippen LogP contribution < -0.4 is 5.32 Å². The third-order valence-electron chi connectivity index (χ3n) is 3.10. The van der Waals surface area contributed by atoms with Gasteiger partial charge in [-0.2, -0.15) is 0 Å². The summed E-state index contributed by atoms with van der Waals surface area (Å²) in [6.45, 7) is 5.10. The number of aryl methyl sites for hydroxylation is 2. The average Bonchev–Trinajstić information content (AvgIpc) is 2.19. The number of sulfone groups is 1. The molecule has 16 heavy (non-hydrogen) atoms.